The minimum Gasteiger partial charge on any atom is -0.383 e. The number of hydrogen-bond donors (Lipinski definition) is 1. The zero-order valence-electron chi connectivity index (χ0n) is 13.5. The molecule has 8 heteroatoms. The summed E-state index contributed by atoms with van der Waals surface area (Å²) >= 11 is 1.35. The van der Waals surface area contributed by atoms with Gasteiger partial charge in [-0.05, 0) is 13.0 Å². The monoisotopic (exact) mass is 340 g/mol. The SMILES string of the molecule is CC1C=CC(n2cnc3c(sc4ncnc(N(C)C)c43)c2=O)=CN1. The van der Waals surface area contributed by atoms with Crippen molar-refractivity contribution >= 4 is 43.3 Å². The van der Waals surface area contributed by atoms with Crippen molar-refractivity contribution < 1.29 is 0 Å². The van der Waals surface area contributed by atoms with Crippen LogP contribution in [0.2, 0.25) is 0 Å². The number of fused-ring (bicyclic) bond motifs is 3. The zero-order chi connectivity index (χ0) is 16.8. The van der Waals surface area contributed by atoms with Crippen LogP contribution in [0, 0.1) is 0 Å². The molecule has 24 heavy (non-hydrogen) atoms. The van der Waals surface area contributed by atoms with Gasteiger partial charge in [0.25, 0.3) is 5.56 Å². The van der Waals surface area contributed by atoms with Crippen LogP contribution < -0.4 is 15.8 Å². The van der Waals surface area contributed by atoms with E-state index in [0.717, 1.165) is 21.7 Å². The maximum atomic E-state index is 12.9. The number of hydrogen-bond acceptors (Lipinski definition) is 7. The van der Waals surface area contributed by atoms with Crippen molar-refractivity contribution in [3.8, 4) is 0 Å². The van der Waals surface area contributed by atoms with Crippen LogP contribution in [0.1, 0.15) is 6.92 Å². The summed E-state index contributed by atoms with van der Waals surface area (Å²) in [5, 5.41) is 4.02. The highest BCUT2D eigenvalue weighted by molar-refractivity contribution is 7.25. The number of aromatic nitrogens is 4. The smallest absolute Gasteiger partial charge is 0.276 e. The third-order valence-electron chi connectivity index (χ3n) is 3.91. The summed E-state index contributed by atoms with van der Waals surface area (Å²) in [6.45, 7) is 2.04. The molecule has 7 nitrogen and oxygen atoms in total. The fraction of sp³-hybridized carbons (Fsp3) is 0.250. The van der Waals surface area contributed by atoms with E-state index in [0.29, 0.717) is 10.2 Å². The summed E-state index contributed by atoms with van der Waals surface area (Å²) in [6.07, 6.45) is 8.85. The lowest BCUT2D eigenvalue weighted by molar-refractivity contribution is 0.755. The largest absolute Gasteiger partial charge is 0.383 e. The molecule has 0 spiro atoms. The maximum absolute atomic E-state index is 12.9. The number of nitrogens with one attached hydrogen (secondary N) is 1. The molecule has 0 aromatic carbocycles. The number of rotatable bonds is 2. The molecule has 0 fully saturated rings. The Morgan fingerprint density at radius 1 is 1.29 bits per heavy atom. The molecule has 0 saturated heterocycles. The minimum atomic E-state index is -0.0973. The van der Waals surface area contributed by atoms with Gasteiger partial charge >= 0.3 is 0 Å². The van der Waals surface area contributed by atoms with Crippen LogP contribution in [-0.2, 0) is 0 Å². The summed E-state index contributed by atoms with van der Waals surface area (Å²) in [5.41, 5.74) is 1.33. The van der Waals surface area contributed by atoms with Crippen LogP contribution in [-0.4, -0.2) is 39.7 Å². The molecule has 1 N–H and O–H groups in total. The Labute approximate surface area is 142 Å². The van der Waals surface area contributed by atoms with Crippen molar-refractivity contribution in [1.29, 1.82) is 0 Å². The Morgan fingerprint density at radius 2 is 2.12 bits per heavy atom. The molecule has 1 atom stereocenters. The molecule has 3 aromatic heterocycles. The van der Waals surface area contributed by atoms with Crippen LogP contribution >= 0.6 is 11.3 Å². The molecule has 0 aliphatic carbocycles. The summed E-state index contributed by atoms with van der Waals surface area (Å²) < 4.78 is 2.14. The molecule has 0 radical (unpaired) electrons. The van der Waals surface area contributed by atoms with Crippen molar-refractivity contribution in [2.24, 2.45) is 0 Å². The second-order valence-corrected chi connectivity index (χ2v) is 6.85. The number of allylic oxidation sites excluding steroid dienone is 2. The normalized spacial score (nSPS) is 17.1. The van der Waals surface area contributed by atoms with Gasteiger partial charge in [-0.2, -0.15) is 0 Å². The minimum absolute atomic E-state index is 0.0973. The zero-order valence-corrected chi connectivity index (χ0v) is 14.3. The fourth-order valence-electron chi connectivity index (χ4n) is 2.69. The maximum Gasteiger partial charge on any atom is 0.276 e. The highest BCUT2D eigenvalue weighted by atomic mass is 32.1. The van der Waals surface area contributed by atoms with Gasteiger partial charge in [-0.1, -0.05) is 6.08 Å². The van der Waals surface area contributed by atoms with Crippen molar-refractivity contribution in [3.63, 3.8) is 0 Å². The molecule has 1 aliphatic rings. The molecule has 0 amide bonds. The van der Waals surface area contributed by atoms with Crippen molar-refractivity contribution in [2.75, 3.05) is 19.0 Å². The van der Waals surface area contributed by atoms with E-state index in [1.807, 2.05) is 44.3 Å². The summed E-state index contributed by atoms with van der Waals surface area (Å²) in [4.78, 5) is 28.8. The summed E-state index contributed by atoms with van der Waals surface area (Å²) in [6, 6.07) is 0.253. The van der Waals surface area contributed by atoms with Gasteiger partial charge in [0.2, 0.25) is 0 Å². The standard InChI is InChI=1S/C16H16N6OS/c1-9-4-5-10(6-17-9)22-8-20-12-11-14(21(2)3)18-7-19-15(11)24-13(12)16(22)23/h4-9,17H,1-3H3. The Kier molecular flexibility index (Phi) is 3.34. The van der Waals surface area contributed by atoms with E-state index in [1.165, 1.54) is 17.7 Å². The quantitative estimate of drug-likeness (QED) is 0.767. The van der Waals surface area contributed by atoms with E-state index in [2.05, 4.69) is 20.3 Å². The van der Waals surface area contributed by atoms with E-state index < -0.39 is 0 Å². The second kappa shape index (κ2) is 5.41. The first-order valence-corrected chi connectivity index (χ1v) is 8.35. The first kappa shape index (κ1) is 14.8. The molecular formula is C16H16N6OS. The third-order valence-corrected chi connectivity index (χ3v) is 4.98. The average molecular weight is 340 g/mol. The second-order valence-electron chi connectivity index (χ2n) is 5.86. The fourth-order valence-corrected chi connectivity index (χ4v) is 3.71. The van der Waals surface area contributed by atoms with E-state index >= 15 is 0 Å². The average Bonchev–Trinajstić information content (AvgIpc) is 2.96. The number of anilines is 1. The Bertz CT molecular complexity index is 1060. The van der Waals surface area contributed by atoms with Crippen LogP contribution in [0.5, 0.6) is 0 Å². The predicted octanol–water partition coefficient (Wildman–Crippen LogP) is 1.81. The van der Waals surface area contributed by atoms with E-state index in [9.17, 15) is 4.79 Å². The van der Waals surface area contributed by atoms with Crippen LogP contribution in [0.4, 0.5) is 5.82 Å². The lowest BCUT2D eigenvalue weighted by atomic mass is 10.2. The van der Waals surface area contributed by atoms with Gasteiger partial charge in [-0.3, -0.25) is 9.36 Å². The number of dihydropyridines is 1. The first-order chi connectivity index (χ1) is 11.6. The van der Waals surface area contributed by atoms with Gasteiger partial charge < -0.3 is 10.2 Å². The van der Waals surface area contributed by atoms with Gasteiger partial charge in [0.15, 0.2) is 0 Å². The number of nitrogens with zero attached hydrogens (tertiary/aromatic N) is 5. The van der Waals surface area contributed by atoms with Gasteiger partial charge in [0.05, 0.1) is 11.1 Å². The van der Waals surface area contributed by atoms with Crippen LogP contribution in [0.15, 0.2) is 35.8 Å². The van der Waals surface area contributed by atoms with Gasteiger partial charge in [-0.15, -0.1) is 11.3 Å². The Balaban J connectivity index is 1.98. The Morgan fingerprint density at radius 3 is 2.83 bits per heavy atom. The van der Waals surface area contributed by atoms with Crippen molar-refractivity contribution in [2.45, 2.75) is 13.0 Å². The lowest BCUT2D eigenvalue weighted by Gasteiger charge is -2.15. The Hall–Kier alpha value is -2.74. The van der Waals surface area contributed by atoms with E-state index in [1.54, 1.807) is 10.9 Å². The molecule has 0 saturated carbocycles. The molecule has 3 aromatic rings. The first-order valence-electron chi connectivity index (χ1n) is 7.53. The third kappa shape index (κ3) is 2.18. The molecular weight excluding hydrogens is 324 g/mol. The molecule has 4 rings (SSSR count). The highest BCUT2D eigenvalue weighted by Crippen LogP contribution is 2.33. The number of thiophene rings is 1. The predicted molar refractivity (Wildman–Crippen MR) is 97.3 cm³/mol. The molecule has 122 valence electrons. The molecule has 0 bridgehead atoms. The lowest BCUT2D eigenvalue weighted by Crippen LogP contribution is -2.25. The topological polar surface area (TPSA) is 75.9 Å². The van der Waals surface area contributed by atoms with Gasteiger partial charge in [-0.25, -0.2) is 15.0 Å². The molecule has 1 aliphatic heterocycles. The van der Waals surface area contributed by atoms with Crippen LogP contribution in [0.25, 0.3) is 26.1 Å². The van der Waals surface area contributed by atoms with E-state index in [4.69, 9.17) is 0 Å². The summed E-state index contributed by atoms with van der Waals surface area (Å²) in [5.74, 6) is 0.767. The van der Waals surface area contributed by atoms with Crippen molar-refractivity contribution in [3.05, 3.63) is 41.4 Å². The van der Waals surface area contributed by atoms with E-state index in [-0.39, 0.29) is 11.6 Å². The van der Waals surface area contributed by atoms with Crippen LogP contribution in [0.3, 0.4) is 0 Å². The summed E-state index contributed by atoms with van der Waals surface area (Å²) in [7, 11) is 3.83. The molecule has 1 unspecified atom stereocenters. The molecule has 4 heterocycles. The van der Waals surface area contributed by atoms with Gasteiger partial charge in [0.1, 0.15) is 33.5 Å². The highest BCUT2D eigenvalue weighted by Gasteiger charge is 2.18. The van der Waals surface area contributed by atoms with Crippen molar-refractivity contribution in [1.82, 2.24) is 24.8 Å². The van der Waals surface area contributed by atoms with Gasteiger partial charge in [0, 0.05) is 26.3 Å².